The van der Waals surface area contributed by atoms with Crippen molar-refractivity contribution >= 4 is 11.3 Å². The molecule has 2 heterocycles. The summed E-state index contributed by atoms with van der Waals surface area (Å²) in [5.74, 6) is 0. The summed E-state index contributed by atoms with van der Waals surface area (Å²) in [7, 11) is 0. The Bertz CT molecular complexity index is 678. The van der Waals surface area contributed by atoms with Gasteiger partial charge in [-0.1, -0.05) is 41.7 Å². The van der Waals surface area contributed by atoms with Crippen LogP contribution in [-0.4, -0.2) is 20.0 Å². The smallest absolute Gasteiger partial charge is 0.203 e. The van der Waals surface area contributed by atoms with Crippen LogP contribution in [0.4, 0.5) is 8.78 Å². The molecule has 1 radical (unpaired) electrons. The lowest BCUT2D eigenvalue weighted by molar-refractivity contribution is 0.142. The first-order valence-electron chi connectivity index (χ1n) is 5.39. The molecule has 7 heteroatoms. The van der Waals surface area contributed by atoms with E-state index in [1.54, 1.807) is 0 Å². The molecule has 0 fully saturated rings. The van der Waals surface area contributed by atoms with Gasteiger partial charge in [0.25, 0.3) is 6.43 Å². The number of hydrogen-bond donors (Lipinski definition) is 0. The molecule has 4 nitrogen and oxygen atoms in total. The molecule has 0 bridgehead atoms. The highest BCUT2D eigenvalue weighted by molar-refractivity contribution is 7.17. The third-order valence-corrected chi connectivity index (χ3v) is 3.38. The van der Waals surface area contributed by atoms with Crippen molar-refractivity contribution in [1.29, 1.82) is 0 Å². The first kappa shape index (κ1) is 11.9. The fraction of sp³-hybridized carbons (Fsp3) is 0.0833. The Morgan fingerprint density at radius 1 is 1.16 bits per heavy atom. The summed E-state index contributed by atoms with van der Waals surface area (Å²) in [6, 6.07) is 11.8. The van der Waals surface area contributed by atoms with E-state index in [1.807, 2.05) is 30.3 Å². The van der Waals surface area contributed by atoms with E-state index in [1.165, 1.54) is 17.5 Å². The van der Waals surface area contributed by atoms with Gasteiger partial charge < -0.3 is 0 Å². The first-order chi connectivity index (χ1) is 9.25. The van der Waals surface area contributed by atoms with Gasteiger partial charge in [0.1, 0.15) is 10.7 Å². The summed E-state index contributed by atoms with van der Waals surface area (Å²) >= 11 is 1.20. The third kappa shape index (κ3) is 2.24. The van der Waals surface area contributed by atoms with Crippen LogP contribution in [0.2, 0.25) is 0 Å². The zero-order chi connectivity index (χ0) is 13.2. The highest BCUT2D eigenvalue weighted by atomic mass is 32.1. The van der Waals surface area contributed by atoms with Gasteiger partial charge in [-0.05, 0) is 0 Å². The molecule has 3 aromatic rings. The Morgan fingerprint density at radius 3 is 2.68 bits per heavy atom. The maximum absolute atomic E-state index is 12.7. The van der Waals surface area contributed by atoms with Crippen molar-refractivity contribution in [1.82, 2.24) is 20.0 Å². The fourth-order valence-corrected chi connectivity index (χ4v) is 2.40. The molecule has 0 saturated heterocycles. The van der Waals surface area contributed by atoms with Crippen LogP contribution < -0.4 is 0 Å². The van der Waals surface area contributed by atoms with E-state index < -0.39 is 6.43 Å². The Kier molecular flexibility index (Phi) is 3.04. The minimum absolute atomic E-state index is 0.301. The number of alkyl halides is 2. The van der Waals surface area contributed by atoms with Crippen LogP contribution in [0.1, 0.15) is 12.1 Å². The van der Waals surface area contributed by atoms with Gasteiger partial charge >= 0.3 is 0 Å². The maximum Gasteiger partial charge on any atom is 0.281 e. The van der Waals surface area contributed by atoms with E-state index in [2.05, 4.69) is 21.4 Å². The number of halogens is 2. The molecule has 0 atom stereocenters. The minimum atomic E-state index is -2.65. The van der Waals surface area contributed by atoms with Crippen molar-refractivity contribution in [3.05, 3.63) is 48.3 Å². The standard InChI is InChI=1S/C12H7F2N4S/c13-10(14)9-6-7-15-18(9)12-17-16-11(19-12)8-4-2-1-3-5-8/h1-5,7,10H. The van der Waals surface area contributed by atoms with Crippen LogP contribution >= 0.6 is 11.3 Å². The van der Waals surface area contributed by atoms with Gasteiger partial charge in [-0.2, -0.15) is 5.10 Å². The summed E-state index contributed by atoms with van der Waals surface area (Å²) in [6.07, 6.45) is -1.45. The van der Waals surface area contributed by atoms with Crippen molar-refractivity contribution in [3.8, 4) is 15.7 Å². The minimum Gasteiger partial charge on any atom is -0.203 e. The summed E-state index contributed by atoms with van der Waals surface area (Å²) < 4.78 is 26.5. The molecule has 0 N–H and O–H groups in total. The normalized spacial score (nSPS) is 11.1. The summed E-state index contributed by atoms with van der Waals surface area (Å²) in [6.45, 7) is 0. The topological polar surface area (TPSA) is 43.6 Å². The first-order valence-corrected chi connectivity index (χ1v) is 6.20. The van der Waals surface area contributed by atoms with Crippen molar-refractivity contribution in [3.63, 3.8) is 0 Å². The zero-order valence-corrected chi connectivity index (χ0v) is 10.3. The van der Waals surface area contributed by atoms with Gasteiger partial charge in [0.15, 0.2) is 0 Å². The molecular formula is C12H7F2N4S. The second-order valence-electron chi connectivity index (χ2n) is 3.64. The van der Waals surface area contributed by atoms with Crippen molar-refractivity contribution in [2.45, 2.75) is 6.43 Å². The van der Waals surface area contributed by atoms with Crippen LogP contribution in [0.5, 0.6) is 0 Å². The highest BCUT2D eigenvalue weighted by Crippen LogP contribution is 2.27. The number of rotatable bonds is 3. The predicted molar refractivity (Wildman–Crippen MR) is 66.3 cm³/mol. The summed E-state index contributed by atoms with van der Waals surface area (Å²) in [4.78, 5) is 0. The van der Waals surface area contributed by atoms with Crippen molar-refractivity contribution in [2.24, 2.45) is 0 Å². The van der Waals surface area contributed by atoms with Gasteiger partial charge in [0.2, 0.25) is 5.13 Å². The summed E-state index contributed by atoms with van der Waals surface area (Å²) in [5, 5.41) is 12.6. The lowest BCUT2D eigenvalue weighted by Crippen LogP contribution is -2.01. The Hall–Kier alpha value is -2.15. The van der Waals surface area contributed by atoms with Gasteiger partial charge in [-0.3, -0.25) is 0 Å². The molecule has 0 amide bonds. The average Bonchev–Trinajstić information content (AvgIpc) is 3.08. The largest absolute Gasteiger partial charge is 0.281 e. The third-order valence-electron chi connectivity index (χ3n) is 2.44. The summed E-state index contributed by atoms with van der Waals surface area (Å²) in [5.41, 5.74) is 0.580. The highest BCUT2D eigenvalue weighted by Gasteiger charge is 2.18. The predicted octanol–water partition coefficient (Wildman–Crippen LogP) is 3.13. The second kappa shape index (κ2) is 4.85. The molecule has 2 aromatic heterocycles. The van der Waals surface area contributed by atoms with Gasteiger partial charge in [-0.15, -0.1) is 10.2 Å². The molecule has 0 aliphatic rings. The number of hydrogen-bond acceptors (Lipinski definition) is 4. The molecular weight excluding hydrogens is 270 g/mol. The molecule has 3 rings (SSSR count). The van der Waals surface area contributed by atoms with E-state index in [4.69, 9.17) is 0 Å². The monoisotopic (exact) mass is 277 g/mol. The van der Waals surface area contributed by atoms with Crippen molar-refractivity contribution < 1.29 is 8.78 Å². The molecule has 0 aliphatic heterocycles. The van der Waals surface area contributed by atoms with Crippen molar-refractivity contribution in [2.75, 3.05) is 0 Å². The van der Waals surface area contributed by atoms with Gasteiger partial charge in [0, 0.05) is 11.6 Å². The average molecular weight is 277 g/mol. The number of nitrogens with zero attached hydrogens (tertiary/aromatic N) is 4. The molecule has 1 aromatic carbocycles. The lowest BCUT2D eigenvalue weighted by Gasteiger charge is -2.00. The van der Waals surface area contributed by atoms with E-state index in [9.17, 15) is 8.78 Å². The van der Waals surface area contributed by atoms with Gasteiger partial charge in [0.05, 0.1) is 6.20 Å². The molecule has 95 valence electrons. The lowest BCUT2D eigenvalue weighted by atomic mass is 10.2. The Morgan fingerprint density at radius 2 is 1.95 bits per heavy atom. The molecule has 0 unspecified atom stereocenters. The van der Waals surface area contributed by atoms with E-state index in [-0.39, 0.29) is 5.69 Å². The van der Waals surface area contributed by atoms with E-state index in [0.717, 1.165) is 10.2 Å². The second-order valence-corrected chi connectivity index (χ2v) is 4.60. The number of aromatic nitrogens is 4. The Labute approximate surface area is 111 Å². The molecule has 0 spiro atoms. The Balaban J connectivity index is 2.00. The SMILES string of the molecule is FC(F)c1[c]cnn1-c1nnc(-c2ccccc2)s1. The van der Waals surface area contributed by atoms with Crippen LogP contribution in [0.15, 0.2) is 36.5 Å². The van der Waals surface area contributed by atoms with E-state index >= 15 is 0 Å². The number of benzene rings is 1. The van der Waals surface area contributed by atoms with Crippen LogP contribution in [-0.2, 0) is 0 Å². The molecule has 0 saturated carbocycles. The van der Waals surface area contributed by atoms with Crippen LogP contribution in [0, 0.1) is 6.07 Å². The molecule has 19 heavy (non-hydrogen) atoms. The van der Waals surface area contributed by atoms with Gasteiger partial charge in [-0.25, -0.2) is 13.5 Å². The van der Waals surface area contributed by atoms with Crippen LogP contribution in [0.3, 0.4) is 0 Å². The zero-order valence-electron chi connectivity index (χ0n) is 9.49. The quantitative estimate of drug-likeness (QED) is 0.738. The maximum atomic E-state index is 12.7. The fourth-order valence-electron chi connectivity index (χ4n) is 1.58. The van der Waals surface area contributed by atoms with E-state index in [0.29, 0.717) is 10.1 Å². The molecule has 0 aliphatic carbocycles. The van der Waals surface area contributed by atoms with Crippen LogP contribution in [0.25, 0.3) is 15.7 Å².